The van der Waals surface area contributed by atoms with Crippen molar-refractivity contribution in [1.82, 2.24) is 15.1 Å². The maximum absolute atomic E-state index is 12.9. The third-order valence-electron chi connectivity index (χ3n) is 5.41. The van der Waals surface area contributed by atoms with Crippen LogP contribution in [0, 0.1) is 0 Å². The highest BCUT2D eigenvalue weighted by Crippen LogP contribution is 2.19. The van der Waals surface area contributed by atoms with E-state index in [9.17, 15) is 14.4 Å². The Balaban J connectivity index is 1.54. The molecular formula is C26H34N4O3. The van der Waals surface area contributed by atoms with Gasteiger partial charge in [0.15, 0.2) is 5.78 Å². The van der Waals surface area contributed by atoms with Crippen LogP contribution in [0.2, 0.25) is 0 Å². The summed E-state index contributed by atoms with van der Waals surface area (Å²) in [6, 6.07) is 16.1. The fourth-order valence-electron chi connectivity index (χ4n) is 3.93. The van der Waals surface area contributed by atoms with Crippen LogP contribution in [0.3, 0.4) is 0 Å². The Kier molecular flexibility index (Phi) is 8.36. The maximum Gasteiger partial charge on any atom is 0.238 e. The Bertz CT molecular complexity index is 969. The van der Waals surface area contributed by atoms with Crippen LogP contribution >= 0.6 is 0 Å². The minimum atomic E-state index is -0.245. The minimum Gasteiger partial charge on any atom is -0.350 e. The number of ketones is 1. The van der Waals surface area contributed by atoms with Crippen molar-refractivity contribution in [3.8, 4) is 0 Å². The van der Waals surface area contributed by atoms with E-state index in [1.165, 1.54) is 0 Å². The summed E-state index contributed by atoms with van der Waals surface area (Å²) in [5.41, 5.74) is 1.34. The zero-order valence-corrected chi connectivity index (χ0v) is 19.8. The molecule has 176 valence electrons. The maximum atomic E-state index is 12.9. The van der Waals surface area contributed by atoms with Crippen LogP contribution in [0.5, 0.6) is 0 Å². The molecule has 0 aromatic heterocycles. The van der Waals surface area contributed by atoms with Gasteiger partial charge >= 0.3 is 0 Å². The van der Waals surface area contributed by atoms with Gasteiger partial charge in [0.25, 0.3) is 0 Å². The molecule has 0 aliphatic carbocycles. The van der Waals surface area contributed by atoms with Gasteiger partial charge in [-0.3, -0.25) is 24.2 Å². The van der Waals surface area contributed by atoms with Gasteiger partial charge in [-0.15, -0.1) is 0 Å². The average molecular weight is 451 g/mol. The van der Waals surface area contributed by atoms with E-state index in [4.69, 9.17) is 0 Å². The van der Waals surface area contributed by atoms with E-state index in [2.05, 4.69) is 20.4 Å². The number of anilines is 1. The molecule has 33 heavy (non-hydrogen) atoms. The quantitative estimate of drug-likeness (QED) is 0.634. The van der Waals surface area contributed by atoms with Gasteiger partial charge in [0.1, 0.15) is 0 Å². The first-order valence-electron chi connectivity index (χ1n) is 11.5. The van der Waals surface area contributed by atoms with Gasteiger partial charge in [-0.05, 0) is 52.4 Å². The molecule has 1 saturated heterocycles. The van der Waals surface area contributed by atoms with Crippen LogP contribution < -0.4 is 10.6 Å². The summed E-state index contributed by atoms with van der Waals surface area (Å²) in [5, 5.41) is 5.92. The Morgan fingerprint density at radius 1 is 0.788 bits per heavy atom. The van der Waals surface area contributed by atoms with E-state index in [1.807, 2.05) is 45.0 Å². The summed E-state index contributed by atoms with van der Waals surface area (Å²) in [6.07, 6.45) is 0.888. The molecule has 2 N–H and O–H groups in total. The molecule has 0 bridgehead atoms. The number of carbonyl (C=O) groups excluding carboxylic acids is 3. The summed E-state index contributed by atoms with van der Waals surface area (Å²) in [5.74, 6) is -0.249. The highest BCUT2D eigenvalue weighted by molar-refractivity contribution is 6.13. The molecule has 0 spiro atoms. The SMILES string of the molecule is CC(C)(C)NC(=O)CN1CCCN(CC(=O)Nc2ccccc2C(=O)c2ccccc2)CC1. The number of nitrogens with one attached hydrogen (secondary N) is 2. The molecule has 7 nitrogen and oxygen atoms in total. The lowest BCUT2D eigenvalue weighted by Crippen LogP contribution is -2.46. The van der Waals surface area contributed by atoms with Crippen molar-refractivity contribution >= 4 is 23.3 Å². The van der Waals surface area contributed by atoms with E-state index in [0.717, 1.165) is 26.1 Å². The number of para-hydroxylation sites is 1. The molecule has 0 radical (unpaired) electrons. The molecule has 0 saturated carbocycles. The number of nitrogens with zero attached hydrogens (tertiary/aromatic N) is 2. The molecule has 2 aromatic carbocycles. The molecule has 0 atom stereocenters. The van der Waals surface area contributed by atoms with Crippen molar-refractivity contribution < 1.29 is 14.4 Å². The molecule has 2 aromatic rings. The fraction of sp³-hybridized carbons (Fsp3) is 0.423. The molecule has 1 heterocycles. The molecule has 2 amide bonds. The zero-order valence-electron chi connectivity index (χ0n) is 19.8. The predicted octanol–water partition coefficient (Wildman–Crippen LogP) is 2.78. The molecule has 1 aliphatic rings. The topological polar surface area (TPSA) is 81.8 Å². The monoisotopic (exact) mass is 450 g/mol. The lowest BCUT2D eigenvalue weighted by Gasteiger charge is -2.25. The van der Waals surface area contributed by atoms with E-state index in [-0.39, 0.29) is 29.7 Å². The van der Waals surface area contributed by atoms with Crippen molar-refractivity contribution in [2.75, 3.05) is 44.6 Å². The van der Waals surface area contributed by atoms with Crippen LogP contribution in [0.25, 0.3) is 0 Å². The van der Waals surface area contributed by atoms with Gasteiger partial charge in [-0.25, -0.2) is 0 Å². The smallest absolute Gasteiger partial charge is 0.238 e. The van der Waals surface area contributed by atoms with E-state index >= 15 is 0 Å². The molecule has 3 rings (SSSR count). The van der Waals surface area contributed by atoms with E-state index in [1.54, 1.807) is 30.3 Å². The van der Waals surface area contributed by atoms with Crippen LogP contribution in [0.4, 0.5) is 5.69 Å². The number of hydrogen-bond acceptors (Lipinski definition) is 5. The molecule has 7 heteroatoms. The number of hydrogen-bond donors (Lipinski definition) is 2. The van der Waals surface area contributed by atoms with Crippen LogP contribution in [0.1, 0.15) is 43.1 Å². The summed E-state index contributed by atoms with van der Waals surface area (Å²) in [4.78, 5) is 42.1. The number of amides is 2. The Labute approximate surface area is 196 Å². The highest BCUT2D eigenvalue weighted by atomic mass is 16.2. The first kappa shape index (κ1) is 24.6. The molecule has 1 fully saturated rings. The molecular weight excluding hydrogens is 416 g/mol. The van der Waals surface area contributed by atoms with Crippen LogP contribution in [-0.2, 0) is 9.59 Å². The Morgan fingerprint density at radius 3 is 2.00 bits per heavy atom. The minimum absolute atomic E-state index is 0.0217. The lowest BCUT2D eigenvalue weighted by atomic mass is 10.0. The fourth-order valence-corrected chi connectivity index (χ4v) is 3.93. The predicted molar refractivity (Wildman–Crippen MR) is 130 cm³/mol. The molecule has 1 aliphatic heterocycles. The highest BCUT2D eigenvalue weighted by Gasteiger charge is 2.21. The van der Waals surface area contributed by atoms with Crippen molar-refractivity contribution in [2.45, 2.75) is 32.7 Å². The van der Waals surface area contributed by atoms with Gasteiger partial charge in [0, 0.05) is 29.8 Å². The standard InChI is InChI=1S/C26H34N4O3/c1-26(2,3)28-24(32)19-30-15-9-14-29(16-17-30)18-23(31)27-22-13-8-7-12-21(22)25(33)20-10-5-4-6-11-20/h4-8,10-13H,9,14-19H2,1-3H3,(H,27,31)(H,28,32). The normalized spacial score (nSPS) is 15.5. The first-order valence-corrected chi connectivity index (χ1v) is 11.5. The van der Waals surface area contributed by atoms with Crippen molar-refractivity contribution in [3.05, 3.63) is 65.7 Å². The second-order valence-corrected chi connectivity index (χ2v) is 9.49. The van der Waals surface area contributed by atoms with Crippen LogP contribution in [-0.4, -0.2) is 72.2 Å². The van der Waals surface area contributed by atoms with E-state index < -0.39 is 0 Å². The third kappa shape index (κ3) is 7.80. The summed E-state index contributed by atoms with van der Waals surface area (Å²) in [7, 11) is 0. The Morgan fingerprint density at radius 2 is 1.36 bits per heavy atom. The summed E-state index contributed by atoms with van der Waals surface area (Å²) < 4.78 is 0. The van der Waals surface area contributed by atoms with Gasteiger partial charge in [0.2, 0.25) is 11.8 Å². The summed E-state index contributed by atoms with van der Waals surface area (Å²) >= 11 is 0. The second kappa shape index (κ2) is 11.2. The van der Waals surface area contributed by atoms with E-state index in [0.29, 0.717) is 29.9 Å². The van der Waals surface area contributed by atoms with Gasteiger partial charge in [0.05, 0.1) is 18.8 Å². The Hall–Kier alpha value is -3.03. The van der Waals surface area contributed by atoms with Gasteiger partial charge in [-0.2, -0.15) is 0 Å². The largest absolute Gasteiger partial charge is 0.350 e. The number of benzene rings is 2. The zero-order chi connectivity index (χ0) is 23.8. The second-order valence-electron chi connectivity index (χ2n) is 9.49. The van der Waals surface area contributed by atoms with Crippen LogP contribution in [0.15, 0.2) is 54.6 Å². The van der Waals surface area contributed by atoms with Gasteiger partial charge < -0.3 is 10.6 Å². The first-order chi connectivity index (χ1) is 15.7. The lowest BCUT2D eigenvalue weighted by molar-refractivity contribution is -0.123. The number of carbonyl (C=O) groups is 3. The average Bonchev–Trinajstić information content (AvgIpc) is 2.97. The van der Waals surface area contributed by atoms with Crippen molar-refractivity contribution in [2.24, 2.45) is 0 Å². The summed E-state index contributed by atoms with van der Waals surface area (Å²) in [6.45, 7) is 9.58. The van der Waals surface area contributed by atoms with Crippen molar-refractivity contribution in [3.63, 3.8) is 0 Å². The molecule has 0 unspecified atom stereocenters. The van der Waals surface area contributed by atoms with Crippen molar-refractivity contribution in [1.29, 1.82) is 0 Å². The third-order valence-corrected chi connectivity index (χ3v) is 5.41. The van der Waals surface area contributed by atoms with Gasteiger partial charge in [-0.1, -0.05) is 42.5 Å². The number of rotatable bonds is 7.